The second kappa shape index (κ2) is 5.38. The van der Waals surface area contributed by atoms with E-state index in [4.69, 9.17) is 4.74 Å². The summed E-state index contributed by atoms with van der Waals surface area (Å²) >= 11 is 0. The van der Waals surface area contributed by atoms with Crippen molar-refractivity contribution in [3.05, 3.63) is 23.3 Å². The minimum Gasteiger partial charge on any atom is -0.444 e. The first-order chi connectivity index (χ1) is 10.4. The maximum atomic E-state index is 12.3. The summed E-state index contributed by atoms with van der Waals surface area (Å²) in [6.07, 6.45) is 2.61. The van der Waals surface area contributed by atoms with Crippen LogP contribution in [0.25, 0.3) is 0 Å². The molecule has 0 spiro atoms. The Bertz CT molecular complexity index is 619. The molecule has 1 unspecified atom stereocenters. The second-order valence-corrected chi connectivity index (χ2v) is 8.23. The van der Waals surface area contributed by atoms with Gasteiger partial charge in [-0.25, -0.2) is 4.79 Å². The summed E-state index contributed by atoms with van der Waals surface area (Å²) in [5.74, 6) is 0. The summed E-state index contributed by atoms with van der Waals surface area (Å²) in [6, 6.07) is 2.10. The van der Waals surface area contributed by atoms with E-state index in [-0.39, 0.29) is 6.09 Å². The van der Waals surface area contributed by atoms with Crippen molar-refractivity contribution in [1.82, 2.24) is 4.90 Å². The molecule has 0 radical (unpaired) electrons. The summed E-state index contributed by atoms with van der Waals surface area (Å²) in [5.41, 5.74) is -0.119. The molecule has 0 saturated heterocycles. The number of carbonyl (C=O) groups is 1. The average molecular weight is 318 g/mol. The van der Waals surface area contributed by atoms with Gasteiger partial charge in [0.05, 0.1) is 17.7 Å². The minimum absolute atomic E-state index is 0.357. The van der Waals surface area contributed by atoms with Gasteiger partial charge in [-0.05, 0) is 20.8 Å². The monoisotopic (exact) mass is 318 g/mol. The van der Waals surface area contributed by atoms with Gasteiger partial charge in [-0.2, -0.15) is 5.26 Å². The highest BCUT2D eigenvalue weighted by molar-refractivity contribution is 5.69. The number of ether oxygens (including phenoxy) is 1. The molecule has 0 fully saturated rings. The summed E-state index contributed by atoms with van der Waals surface area (Å²) < 4.78 is 5.45. The van der Waals surface area contributed by atoms with Crippen LogP contribution in [0.2, 0.25) is 0 Å². The van der Waals surface area contributed by atoms with E-state index in [1.807, 2.05) is 47.6 Å². The van der Waals surface area contributed by atoms with Crippen molar-refractivity contribution in [3.63, 3.8) is 0 Å². The zero-order valence-corrected chi connectivity index (χ0v) is 14.8. The molecule has 2 atom stereocenters. The first-order valence-electron chi connectivity index (χ1n) is 7.91. The predicted octanol–water partition coefficient (Wildman–Crippen LogP) is 3.02. The van der Waals surface area contributed by atoms with E-state index in [9.17, 15) is 15.2 Å². The van der Waals surface area contributed by atoms with E-state index in [1.165, 1.54) is 0 Å². The van der Waals surface area contributed by atoms with Gasteiger partial charge < -0.3 is 14.7 Å². The highest BCUT2D eigenvalue weighted by Gasteiger charge is 2.49. The quantitative estimate of drug-likeness (QED) is 0.697. The molecule has 1 aliphatic heterocycles. The van der Waals surface area contributed by atoms with Crippen molar-refractivity contribution in [3.8, 4) is 6.07 Å². The van der Waals surface area contributed by atoms with Crippen LogP contribution >= 0.6 is 0 Å². The molecule has 23 heavy (non-hydrogen) atoms. The molecule has 1 heterocycles. The van der Waals surface area contributed by atoms with Crippen LogP contribution in [0.4, 0.5) is 4.79 Å². The van der Waals surface area contributed by atoms with Gasteiger partial charge in [0.15, 0.2) is 0 Å². The Morgan fingerprint density at radius 3 is 2.57 bits per heavy atom. The van der Waals surface area contributed by atoms with Gasteiger partial charge in [0, 0.05) is 23.9 Å². The van der Waals surface area contributed by atoms with Crippen molar-refractivity contribution < 1.29 is 14.6 Å². The fourth-order valence-electron chi connectivity index (χ4n) is 3.62. The van der Waals surface area contributed by atoms with Crippen molar-refractivity contribution in [2.45, 2.75) is 53.2 Å². The summed E-state index contributed by atoms with van der Waals surface area (Å²) in [4.78, 5) is 14.0. The number of hydrogen-bond acceptors (Lipinski definition) is 4. The zero-order chi connectivity index (χ0) is 17.6. The van der Waals surface area contributed by atoms with Crippen molar-refractivity contribution in [2.24, 2.45) is 10.8 Å². The molecule has 2 rings (SSSR count). The largest absolute Gasteiger partial charge is 0.444 e. The molecule has 0 aromatic heterocycles. The van der Waals surface area contributed by atoms with Crippen LogP contribution in [0.1, 0.15) is 41.5 Å². The Hall–Kier alpha value is -1.80. The zero-order valence-electron chi connectivity index (χ0n) is 14.8. The number of rotatable bonds is 0. The Balaban J connectivity index is 2.36. The van der Waals surface area contributed by atoms with Gasteiger partial charge in [-0.3, -0.25) is 0 Å². The highest BCUT2D eigenvalue weighted by atomic mass is 16.6. The molecule has 5 nitrogen and oxygen atoms in total. The van der Waals surface area contributed by atoms with Crippen LogP contribution in [0.5, 0.6) is 0 Å². The maximum Gasteiger partial charge on any atom is 0.410 e. The van der Waals surface area contributed by atoms with E-state index >= 15 is 0 Å². The lowest BCUT2D eigenvalue weighted by Gasteiger charge is -2.50. The number of carbonyl (C=O) groups excluding carboxylic acids is 1. The Morgan fingerprint density at radius 1 is 1.43 bits per heavy atom. The van der Waals surface area contributed by atoms with Crippen LogP contribution in [0.15, 0.2) is 23.3 Å². The van der Waals surface area contributed by atoms with E-state index in [1.54, 1.807) is 11.0 Å². The third-order valence-corrected chi connectivity index (χ3v) is 4.58. The maximum absolute atomic E-state index is 12.3. The van der Waals surface area contributed by atoms with E-state index in [2.05, 4.69) is 6.07 Å². The van der Waals surface area contributed by atoms with Crippen LogP contribution in [-0.2, 0) is 4.74 Å². The number of aliphatic hydroxyl groups excluding tert-OH is 1. The van der Waals surface area contributed by atoms with Crippen LogP contribution in [-0.4, -0.2) is 40.9 Å². The first kappa shape index (κ1) is 17.6. The third-order valence-electron chi connectivity index (χ3n) is 4.58. The fourth-order valence-corrected chi connectivity index (χ4v) is 3.62. The Labute approximate surface area is 138 Å². The molecule has 1 amide bonds. The lowest BCUT2D eigenvalue weighted by Crippen LogP contribution is -2.52. The smallest absolute Gasteiger partial charge is 0.410 e. The number of aliphatic hydroxyl groups is 1. The first-order valence-corrected chi connectivity index (χ1v) is 7.91. The van der Waals surface area contributed by atoms with Crippen molar-refractivity contribution in [2.75, 3.05) is 13.1 Å². The third kappa shape index (κ3) is 3.13. The van der Waals surface area contributed by atoms with Gasteiger partial charge in [0.2, 0.25) is 0 Å². The minimum atomic E-state index is -0.820. The number of hydrogen-bond donors (Lipinski definition) is 1. The predicted molar refractivity (Wildman–Crippen MR) is 87.5 cm³/mol. The van der Waals surface area contributed by atoms with Crippen molar-refractivity contribution >= 4 is 6.09 Å². The van der Waals surface area contributed by atoms with Crippen molar-refractivity contribution in [1.29, 1.82) is 5.26 Å². The van der Waals surface area contributed by atoms with Crippen LogP contribution in [0, 0.1) is 22.2 Å². The SMILES string of the molecule is CC(C)(C)OC(=O)N1CC=C2C(C)(C)C(O)C(C#N)=C[C@@]2(C)C1. The van der Waals surface area contributed by atoms with Crippen LogP contribution in [0.3, 0.4) is 0 Å². The molecule has 0 saturated carbocycles. The number of nitriles is 1. The van der Waals surface area contributed by atoms with Gasteiger partial charge in [-0.15, -0.1) is 0 Å². The lowest BCUT2D eigenvalue weighted by atomic mass is 9.59. The van der Waals surface area contributed by atoms with Gasteiger partial charge in [0.25, 0.3) is 0 Å². The topological polar surface area (TPSA) is 73.6 Å². The summed E-state index contributed by atoms with van der Waals surface area (Å²) in [5, 5.41) is 19.8. The second-order valence-electron chi connectivity index (χ2n) is 8.23. The number of fused-ring (bicyclic) bond motifs is 1. The molecule has 126 valence electrons. The molecule has 5 heteroatoms. The molecule has 0 aromatic carbocycles. The lowest BCUT2D eigenvalue weighted by molar-refractivity contribution is 0.0165. The Morgan fingerprint density at radius 2 is 2.04 bits per heavy atom. The Kier molecular flexibility index (Phi) is 4.11. The summed E-state index contributed by atoms with van der Waals surface area (Å²) in [7, 11) is 0. The average Bonchev–Trinajstić information content (AvgIpc) is 2.40. The van der Waals surface area contributed by atoms with Gasteiger partial charge >= 0.3 is 6.09 Å². The van der Waals surface area contributed by atoms with E-state index < -0.39 is 22.5 Å². The molecule has 0 aromatic rings. The van der Waals surface area contributed by atoms with Gasteiger partial charge in [0.1, 0.15) is 5.60 Å². The highest BCUT2D eigenvalue weighted by Crippen LogP contribution is 2.51. The normalized spacial score (nSPS) is 29.8. The molecular formula is C18H26N2O3. The molecular weight excluding hydrogens is 292 g/mol. The number of amides is 1. The number of nitrogens with zero attached hydrogens (tertiary/aromatic N) is 2. The van der Waals surface area contributed by atoms with Gasteiger partial charge in [-0.1, -0.05) is 38.5 Å². The van der Waals surface area contributed by atoms with E-state index in [0.29, 0.717) is 18.7 Å². The molecule has 2 aliphatic rings. The molecule has 1 N–H and O–H groups in total. The molecule has 1 aliphatic carbocycles. The molecule has 0 bridgehead atoms. The fraction of sp³-hybridized carbons (Fsp3) is 0.667. The standard InChI is InChI=1S/C18H26N2O3/c1-16(2,3)23-15(22)20-8-7-13-17(4,5)14(21)12(10-19)9-18(13,6)11-20/h7,9,14,21H,8,11H2,1-6H3/t14?,18-/m0/s1. The van der Waals surface area contributed by atoms with E-state index in [0.717, 1.165) is 5.57 Å². The summed E-state index contributed by atoms with van der Waals surface area (Å²) in [6.45, 7) is 12.3. The van der Waals surface area contributed by atoms with Crippen LogP contribution < -0.4 is 0 Å².